The van der Waals surface area contributed by atoms with Crippen molar-refractivity contribution < 1.29 is 12.8 Å². The van der Waals surface area contributed by atoms with E-state index in [1.165, 1.54) is 13.1 Å². The van der Waals surface area contributed by atoms with Crippen LogP contribution in [-0.4, -0.2) is 26.3 Å². The number of hydrogen-bond donors (Lipinski definition) is 0. The number of terminal acetylenes is 1. The first kappa shape index (κ1) is 13.2. The zero-order valence-corrected chi connectivity index (χ0v) is 10.8. The lowest BCUT2D eigenvalue weighted by Gasteiger charge is -2.15. The van der Waals surface area contributed by atoms with Crippen molar-refractivity contribution in [2.45, 2.75) is 4.90 Å². The average Bonchev–Trinajstić information content (AvgIpc) is 2.17. The molecule has 16 heavy (non-hydrogen) atoms. The van der Waals surface area contributed by atoms with Crippen molar-refractivity contribution in [3.05, 3.63) is 28.5 Å². The van der Waals surface area contributed by atoms with Crippen molar-refractivity contribution in [2.75, 3.05) is 13.6 Å². The standard InChI is InChI=1S/C10H9BrFNO2S/c1-3-6-13(2)16(14,15)10-5-4-8(12)7-9(10)11/h1,4-5,7H,6H2,2H3. The Morgan fingerprint density at radius 2 is 2.19 bits per heavy atom. The van der Waals surface area contributed by atoms with Crippen molar-refractivity contribution in [1.29, 1.82) is 0 Å². The number of hydrogen-bond acceptors (Lipinski definition) is 2. The van der Waals surface area contributed by atoms with Gasteiger partial charge in [-0.1, -0.05) is 5.92 Å². The van der Waals surface area contributed by atoms with Gasteiger partial charge in [-0.2, -0.15) is 4.31 Å². The van der Waals surface area contributed by atoms with Gasteiger partial charge in [0.05, 0.1) is 11.4 Å². The summed E-state index contributed by atoms with van der Waals surface area (Å²) in [7, 11) is -2.31. The molecule has 1 aromatic rings. The number of halogens is 2. The van der Waals surface area contributed by atoms with Gasteiger partial charge < -0.3 is 0 Å². The van der Waals surface area contributed by atoms with E-state index in [1.807, 2.05) is 0 Å². The second-order valence-corrected chi connectivity index (χ2v) is 5.91. The fourth-order valence-corrected chi connectivity index (χ4v) is 3.16. The highest BCUT2D eigenvalue weighted by atomic mass is 79.9. The maximum atomic E-state index is 12.8. The normalized spacial score (nSPS) is 11.4. The molecule has 0 aliphatic heterocycles. The zero-order valence-electron chi connectivity index (χ0n) is 8.44. The first-order chi connectivity index (χ1) is 7.39. The molecule has 0 unspecified atom stereocenters. The molecule has 0 bridgehead atoms. The summed E-state index contributed by atoms with van der Waals surface area (Å²) in [6.07, 6.45) is 5.04. The average molecular weight is 306 g/mol. The predicted molar refractivity (Wildman–Crippen MR) is 62.7 cm³/mol. The van der Waals surface area contributed by atoms with Gasteiger partial charge in [-0.05, 0) is 34.1 Å². The van der Waals surface area contributed by atoms with Gasteiger partial charge in [0.25, 0.3) is 0 Å². The Morgan fingerprint density at radius 1 is 1.56 bits per heavy atom. The lowest BCUT2D eigenvalue weighted by molar-refractivity contribution is 0.502. The lowest BCUT2D eigenvalue weighted by atomic mass is 10.3. The summed E-state index contributed by atoms with van der Waals surface area (Å²) in [6.45, 7) is -0.0356. The molecule has 0 N–H and O–H groups in total. The molecule has 3 nitrogen and oxygen atoms in total. The fraction of sp³-hybridized carbons (Fsp3) is 0.200. The second kappa shape index (κ2) is 4.95. The Kier molecular flexibility index (Phi) is 4.08. The third kappa shape index (κ3) is 2.61. The van der Waals surface area contributed by atoms with Gasteiger partial charge in [0, 0.05) is 11.5 Å². The molecule has 0 aliphatic rings. The highest BCUT2D eigenvalue weighted by Gasteiger charge is 2.22. The molecule has 0 aliphatic carbocycles. The Morgan fingerprint density at radius 3 is 2.69 bits per heavy atom. The summed E-state index contributed by atoms with van der Waals surface area (Å²) in [6, 6.07) is 3.37. The predicted octanol–water partition coefficient (Wildman–Crippen LogP) is 1.84. The van der Waals surface area contributed by atoms with Crippen LogP contribution in [0.2, 0.25) is 0 Å². The summed E-state index contributed by atoms with van der Waals surface area (Å²) >= 11 is 3.00. The Hall–Kier alpha value is -0.900. The van der Waals surface area contributed by atoms with E-state index in [9.17, 15) is 12.8 Å². The largest absolute Gasteiger partial charge is 0.244 e. The highest BCUT2D eigenvalue weighted by Crippen LogP contribution is 2.24. The SMILES string of the molecule is C#CCN(C)S(=O)(=O)c1ccc(F)cc1Br. The van der Waals surface area contributed by atoms with Crippen LogP contribution >= 0.6 is 15.9 Å². The third-order valence-corrected chi connectivity index (χ3v) is 4.68. The Bertz CT molecular complexity index is 536. The minimum absolute atomic E-state index is 0.00773. The summed E-state index contributed by atoms with van der Waals surface area (Å²) in [5.41, 5.74) is 0. The van der Waals surface area contributed by atoms with Gasteiger partial charge in [-0.15, -0.1) is 6.42 Å². The molecule has 0 fully saturated rings. The fourth-order valence-electron chi connectivity index (χ4n) is 1.07. The van der Waals surface area contributed by atoms with E-state index in [4.69, 9.17) is 6.42 Å². The van der Waals surface area contributed by atoms with E-state index in [-0.39, 0.29) is 15.9 Å². The molecule has 0 atom stereocenters. The van der Waals surface area contributed by atoms with Gasteiger partial charge in [-0.25, -0.2) is 12.8 Å². The van der Waals surface area contributed by atoms with Gasteiger partial charge in [-0.3, -0.25) is 0 Å². The van der Waals surface area contributed by atoms with Crippen molar-refractivity contribution in [1.82, 2.24) is 4.31 Å². The van der Waals surface area contributed by atoms with E-state index < -0.39 is 15.8 Å². The molecule has 6 heteroatoms. The second-order valence-electron chi connectivity index (χ2n) is 3.04. The molecule has 0 amide bonds. The molecular weight excluding hydrogens is 297 g/mol. The van der Waals surface area contributed by atoms with Crippen LogP contribution in [-0.2, 0) is 10.0 Å². The summed E-state index contributed by atoms with van der Waals surface area (Å²) in [5.74, 6) is 1.72. The minimum atomic E-state index is -3.67. The van der Waals surface area contributed by atoms with Gasteiger partial charge in [0.15, 0.2) is 0 Å². The van der Waals surface area contributed by atoms with Crippen LogP contribution in [0.15, 0.2) is 27.6 Å². The summed E-state index contributed by atoms with van der Waals surface area (Å²) in [4.78, 5) is -0.00773. The van der Waals surface area contributed by atoms with Gasteiger partial charge >= 0.3 is 0 Å². The van der Waals surface area contributed by atoms with Crippen molar-refractivity contribution in [3.63, 3.8) is 0 Å². The van der Waals surface area contributed by atoms with Crippen LogP contribution in [0.4, 0.5) is 4.39 Å². The van der Waals surface area contributed by atoms with Crippen molar-refractivity contribution in [3.8, 4) is 12.3 Å². The first-order valence-electron chi connectivity index (χ1n) is 4.24. The van der Waals surface area contributed by atoms with Crippen LogP contribution in [0.1, 0.15) is 0 Å². The quantitative estimate of drug-likeness (QED) is 0.799. The minimum Gasteiger partial charge on any atom is -0.207 e. The van der Waals surface area contributed by atoms with Gasteiger partial charge in [0.2, 0.25) is 10.0 Å². The van der Waals surface area contributed by atoms with E-state index in [2.05, 4.69) is 21.9 Å². The number of benzene rings is 1. The monoisotopic (exact) mass is 305 g/mol. The van der Waals surface area contributed by atoms with E-state index in [0.29, 0.717) is 0 Å². The van der Waals surface area contributed by atoms with Crippen LogP contribution in [0, 0.1) is 18.2 Å². The molecule has 1 aromatic carbocycles. The van der Waals surface area contributed by atoms with Crippen molar-refractivity contribution in [2.24, 2.45) is 0 Å². The Balaban J connectivity index is 3.23. The molecule has 0 aromatic heterocycles. The first-order valence-corrected chi connectivity index (χ1v) is 6.47. The molecule has 0 saturated carbocycles. The highest BCUT2D eigenvalue weighted by molar-refractivity contribution is 9.10. The lowest BCUT2D eigenvalue weighted by Crippen LogP contribution is -2.27. The van der Waals surface area contributed by atoms with Crippen LogP contribution in [0.5, 0.6) is 0 Å². The van der Waals surface area contributed by atoms with E-state index >= 15 is 0 Å². The molecule has 0 radical (unpaired) electrons. The third-order valence-electron chi connectivity index (χ3n) is 1.90. The van der Waals surface area contributed by atoms with Crippen LogP contribution in [0.25, 0.3) is 0 Å². The van der Waals surface area contributed by atoms with Crippen LogP contribution < -0.4 is 0 Å². The maximum Gasteiger partial charge on any atom is 0.244 e. The van der Waals surface area contributed by atoms with Gasteiger partial charge in [0.1, 0.15) is 5.82 Å². The number of sulfonamides is 1. The molecular formula is C10H9BrFNO2S. The molecule has 86 valence electrons. The molecule has 0 heterocycles. The molecule has 1 rings (SSSR count). The van der Waals surface area contributed by atoms with Crippen molar-refractivity contribution >= 4 is 26.0 Å². The topological polar surface area (TPSA) is 37.4 Å². The zero-order chi connectivity index (χ0) is 12.3. The molecule has 0 spiro atoms. The smallest absolute Gasteiger partial charge is 0.207 e. The van der Waals surface area contributed by atoms with E-state index in [1.54, 1.807) is 0 Å². The number of nitrogens with zero attached hydrogens (tertiary/aromatic N) is 1. The van der Waals surface area contributed by atoms with Crippen LogP contribution in [0.3, 0.4) is 0 Å². The Labute approximate surface area is 102 Å². The number of rotatable bonds is 3. The van der Waals surface area contributed by atoms with E-state index in [0.717, 1.165) is 16.4 Å². The maximum absolute atomic E-state index is 12.8. The summed E-state index contributed by atoms with van der Waals surface area (Å²) in [5, 5.41) is 0. The molecule has 0 saturated heterocycles. The summed E-state index contributed by atoms with van der Waals surface area (Å²) < 4.78 is 37.9.